The van der Waals surface area contributed by atoms with Crippen molar-refractivity contribution in [1.82, 2.24) is 15.1 Å². The molecule has 0 unspecified atom stereocenters. The van der Waals surface area contributed by atoms with E-state index in [2.05, 4.69) is 10.4 Å². The van der Waals surface area contributed by atoms with Crippen LogP contribution < -0.4 is 15.1 Å². The van der Waals surface area contributed by atoms with Crippen LogP contribution >= 0.6 is 12.4 Å². The Morgan fingerprint density at radius 3 is 2.60 bits per heavy atom. The summed E-state index contributed by atoms with van der Waals surface area (Å²) in [5.41, 5.74) is 1.12. The number of anilines is 2. The summed E-state index contributed by atoms with van der Waals surface area (Å²) in [5.74, 6) is -1.14. The molecule has 1 aromatic carbocycles. The van der Waals surface area contributed by atoms with Crippen LogP contribution in [0.25, 0.3) is 10.9 Å². The molecule has 2 fully saturated rings. The number of hydrogen-bond acceptors (Lipinski definition) is 5. The van der Waals surface area contributed by atoms with Crippen molar-refractivity contribution in [3.63, 3.8) is 0 Å². The molecule has 9 nitrogen and oxygen atoms in total. The maximum atomic E-state index is 15.0. The van der Waals surface area contributed by atoms with Crippen molar-refractivity contribution >= 4 is 52.7 Å². The number of imide groups is 1. The third-order valence-electron chi connectivity index (χ3n) is 5.63. The Kier molecular flexibility index (Phi) is 6.16. The minimum Gasteiger partial charge on any atom is -0.481 e. The number of nitrogens with zero attached hydrogens (tertiary/aromatic N) is 4. The van der Waals surface area contributed by atoms with E-state index in [0.717, 1.165) is 0 Å². The Morgan fingerprint density at radius 1 is 1.27 bits per heavy atom. The van der Waals surface area contributed by atoms with Crippen molar-refractivity contribution in [2.45, 2.75) is 25.7 Å². The van der Waals surface area contributed by atoms with Crippen molar-refractivity contribution in [3.8, 4) is 0 Å². The molecule has 4 rings (SSSR count). The van der Waals surface area contributed by atoms with E-state index < -0.39 is 17.8 Å². The van der Waals surface area contributed by atoms with Gasteiger partial charge in [0.1, 0.15) is 5.82 Å². The number of carboxylic acid groups (broad SMARTS) is 1. The molecule has 0 atom stereocenters. The molecule has 0 spiro atoms. The largest absolute Gasteiger partial charge is 0.481 e. The summed E-state index contributed by atoms with van der Waals surface area (Å²) in [5, 5.41) is 16.1. The van der Waals surface area contributed by atoms with Gasteiger partial charge in [-0.15, -0.1) is 12.4 Å². The molecule has 0 radical (unpaired) electrons. The minimum absolute atomic E-state index is 0. The summed E-state index contributed by atoms with van der Waals surface area (Å²) in [6.45, 7) is 1.36. The van der Waals surface area contributed by atoms with Crippen LogP contribution in [0, 0.1) is 11.7 Å². The molecule has 0 aliphatic carbocycles. The number of urea groups is 1. The number of carbonyl (C=O) groups excluding carboxylic acids is 2. The van der Waals surface area contributed by atoms with Crippen LogP contribution in [0.4, 0.5) is 20.7 Å². The van der Waals surface area contributed by atoms with E-state index in [0.29, 0.717) is 48.3 Å². The highest BCUT2D eigenvalue weighted by Crippen LogP contribution is 2.34. The van der Waals surface area contributed by atoms with Crippen molar-refractivity contribution in [3.05, 3.63) is 17.9 Å². The molecule has 0 saturated carbocycles. The number of carbonyl (C=O) groups is 3. The van der Waals surface area contributed by atoms with Gasteiger partial charge in [0.2, 0.25) is 5.91 Å². The van der Waals surface area contributed by atoms with Gasteiger partial charge in [0.05, 0.1) is 11.2 Å². The Bertz CT molecular complexity index is 1000. The van der Waals surface area contributed by atoms with Gasteiger partial charge in [-0.2, -0.15) is 5.10 Å². The van der Waals surface area contributed by atoms with Gasteiger partial charge in [-0.1, -0.05) is 0 Å². The number of piperidine rings is 1. The Balaban J connectivity index is 0.00000256. The zero-order chi connectivity index (χ0) is 20.7. The van der Waals surface area contributed by atoms with Gasteiger partial charge in [0.25, 0.3) is 0 Å². The highest BCUT2D eigenvalue weighted by molar-refractivity contribution is 6.09. The first-order valence-electron chi connectivity index (χ1n) is 9.58. The summed E-state index contributed by atoms with van der Waals surface area (Å²) in [6, 6.07) is 2.53. The second-order valence-electron chi connectivity index (χ2n) is 7.55. The number of fused-ring (bicyclic) bond motifs is 1. The van der Waals surface area contributed by atoms with Crippen molar-refractivity contribution in [1.29, 1.82) is 0 Å². The lowest BCUT2D eigenvalue weighted by Crippen LogP contribution is -2.49. The van der Waals surface area contributed by atoms with E-state index in [1.807, 2.05) is 4.90 Å². The number of carboxylic acids is 1. The molecular formula is C19H23ClFN5O4. The first-order chi connectivity index (χ1) is 13.8. The van der Waals surface area contributed by atoms with E-state index in [4.69, 9.17) is 5.11 Å². The number of aromatic nitrogens is 2. The fraction of sp³-hybridized carbons (Fsp3) is 0.474. The summed E-state index contributed by atoms with van der Waals surface area (Å²) in [7, 11) is 1.72. The van der Waals surface area contributed by atoms with Gasteiger partial charge >= 0.3 is 12.0 Å². The number of nitrogens with one attached hydrogen (secondary N) is 1. The van der Waals surface area contributed by atoms with Gasteiger partial charge in [0, 0.05) is 44.9 Å². The molecule has 30 heavy (non-hydrogen) atoms. The van der Waals surface area contributed by atoms with Crippen LogP contribution in [0.15, 0.2) is 12.1 Å². The first kappa shape index (κ1) is 21.8. The lowest BCUT2D eigenvalue weighted by Gasteiger charge is -2.33. The maximum absolute atomic E-state index is 15.0. The Labute approximate surface area is 178 Å². The van der Waals surface area contributed by atoms with Crippen LogP contribution in [0.3, 0.4) is 0 Å². The van der Waals surface area contributed by atoms with E-state index in [1.54, 1.807) is 17.8 Å². The van der Waals surface area contributed by atoms with Crippen molar-refractivity contribution in [2.75, 3.05) is 29.4 Å². The van der Waals surface area contributed by atoms with Crippen molar-refractivity contribution < 1.29 is 23.9 Å². The molecule has 3 amide bonds. The third-order valence-corrected chi connectivity index (χ3v) is 5.63. The number of halogens is 2. The summed E-state index contributed by atoms with van der Waals surface area (Å²) in [4.78, 5) is 37.7. The molecule has 2 aliphatic rings. The predicted molar refractivity (Wildman–Crippen MR) is 111 cm³/mol. The minimum atomic E-state index is -0.804. The van der Waals surface area contributed by atoms with Crippen LogP contribution in [-0.2, 0) is 16.6 Å². The first-order valence-corrected chi connectivity index (χ1v) is 9.58. The van der Waals surface area contributed by atoms with Gasteiger partial charge < -0.3 is 10.0 Å². The number of aliphatic carboxylic acids is 1. The molecule has 2 saturated heterocycles. The number of benzene rings is 1. The fourth-order valence-electron chi connectivity index (χ4n) is 4.08. The summed E-state index contributed by atoms with van der Waals surface area (Å²) < 4.78 is 16.6. The normalized spacial score (nSPS) is 17.8. The van der Waals surface area contributed by atoms with Crippen LogP contribution in [0.2, 0.25) is 0 Å². The average molecular weight is 440 g/mol. The van der Waals surface area contributed by atoms with E-state index in [1.165, 1.54) is 11.0 Å². The molecule has 0 bridgehead atoms. The zero-order valence-corrected chi connectivity index (χ0v) is 17.2. The highest BCUT2D eigenvalue weighted by atomic mass is 35.5. The highest BCUT2D eigenvalue weighted by Gasteiger charge is 2.29. The predicted octanol–water partition coefficient (Wildman–Crippen LogP) is 2.27. The number of aryl methyl sites for hydroxylation is 1. The Hall–Kier alpha value is -2.88. The summed E-state index contributed by atoms with van der Waals surface area (Å²) in [6.07, 6.45) is 1.70. The second kappa shape index (κ2) is 8.47. The van der Waals surface area contributed by atoms with Gasteiger partial charge in [-0.3, -0.25) is 24.5 Å². The van der Waals surface area contributed by atoms with Crippen LogP contribution in [0.1, 0.15) is 25.7 Å². The van der Waals surface area contributed by atoms with Crippen molar-refractivity contribution in [2.24, 2.45) is 13.0 Å². The topological polar surface area (TPSA) is 108 Å². The Morgan fingerprint density at radius 2 is 1.97 bits per heavy atom. The SMILES string of the molecule is Cl.Cn1nc(N2CCC(=O)NC2=O)c2cc(F)c(N3CCC(CC(=O)O)CC3)cc21. The van der Waals surface area contributed by atoms with Crippen LogP contribution in [0.5, 0.6) is 0 Å². The standard InChI is InChI=1S/C19H22FN5O4.ClH/c1-23-14-10-15(24-5-2-11(3-6-24)8-17(27)28)13(20)9-12(14)18(22-23)25-7-4-16(26)21-19(25)29;/h9-11H,2-8H2,1H3,(H,27,28)(H,21,26,29);1H. The zero-order valence-electron chi connectivity index (χ0n) is 16.4. The lowest BCUT2D eigenvalue weighted by atomic mass is 9.93. The molecule has 11 heteroatoms. The van der Waals surface area contributed by atoms with Crippen LogP contribution in [-0.4, -0.2) is 52.4 Å². The van der Waals surface area contributed by atoms with Gasteiger partial charge in [-0.05, 0) is 30.9 Å². The lowest BCUT2D eigenvalue weighted by molar-refractivity contribution is -0.138. The quantitative estimate of drug-likeness (QED) is 0.756. The fourth-order valence-corrected chi connectivity index (χ4v) is 4.08. The average Bonchev–Trinajstić information content (AvgIpc) is 2.97. The third kappa shape index (κ3) is 4.04. The van der Waals surface area contributed by atoms with Gasteiger partial charge in [0.15, 0.2) is 5.82 Å². The molecule has 2 N–H and O–H groups in total. The summed E-state index contributed by atoms with van der Waals surface area (Å²) >= 11 is 0. The monoisotopic (exact) mass is 439 g/mol. The smallest absolute Gasteiger partial charge is 0.329 e. The molecule has 162 valence electrons. The molecule has 2 aliphatic heterocycles. The molecule has 3 heterocycles. The number of hydrogen-bond donors (Lipinski definition) is 2. The maximum Gasteiger partial charge on any atom is 0.329 e. The number of amides is 3. The van der Waals surface area contributed by atoms with Gasteiger partial charge in [-0.25, -0.2) is 9.18 Å². The van der Waals surface area contributed by atoms with E-state index >= 15 is 0 Å². The number of rotatable bonds is 4. The molecular weight excluding hydrogens is 417 g/mol. The molecule has 2 aromatic rings. The van der Waals surface area contributed by atoms with E-state index in [9.17, 15) is 18.8 Å². The second-order valence-corrected chi connectivity index (χ2v) is 7.55. The van der Waals surface area contributed by atoms with E-state index in [-0.39, 0.29) is 43.6 Å². The molecule has 1 aromatic heterocycles.